The highest BCUT2D eigenvalue weighted by Crippen LogP contribution is 2.20. The van der Waals surface area contributed by atoms with Gasteiger partial charge in [0.15, 0.2) is 0 Å². The summed E-state index contributed by atoms with van der Waals surface area (Å²) in [4.78, 5) is 12.0. The summed E-state index contributed by atoms with van der Waals surface area (Å²) in [7, 11) is 0. The first-order valence-electron chi connectivity index (χ1n) is 10.1. The van der Waals surface area contributed by atoms with Gasteiger partial charge >= 0.3 is 0 Å². The molecule has 0 aliphatic heterocycles. The fraction of sp³-hybridized carbons (Fsp3) is 0.240. The average molecular weight is 405 g/mol. The second-order valence-corrected chi connectivity index (χ2v) is 7.57. The van der Waals surface area contributed by atoms with E-state index >= 15 is 0 Å². The summed E-state index contributed by atoms with van der Waals surface area (Å²) in [5.74, 6) is 0.307. The molecule has 3 aromatic carbocycles. The van der Waals surface area contributed by atoms with Crippen molar-refractivity contribution in [2.45, 2.75) is 25.3 Å². The number of anilines is 1. The molecule has 1 atom stereocenters. The molecule has 30 heavy (non-hydrogen) atoms. The van der Waals surface area contributed by atoms with E-state index in [-0.39, 0.29) is 0 Å². The largest absolute Gasteiger partial charge is 0.494 e. The molecule has 5 heteroatoms. The highest BCUT2D eigenvalue weighted by Gasteiger charge is 2.27. The van der Waals surface area contributed by atoms with Gasteiger partial charge in [0.2, 0.25) is 5.91 Å². The van der Waals surface area contributed by atoms with Crippen LogP contribution in [0.3, 0.4) is 0 Å². The lowest BCUT2D eigenvalue weighted by Crippen LogP contribution is -2.51. The Bertz CT molecular complexity index is 936. The maximum atomic E-state index is 12.0. The predicted molar refractivity (Wildman–Crippen MR) is 120 cm³/mol. The summed E-state index contributed by atoms with van der Waals surface area (Å²) < 4.78 is 5.79. The maximum Gasteiger partial charge on any atom is 0.246 e. The smallest absolute Gasteiger partial charge is 0.246 e. The third kappa shape index (κ3) is 5.92. The SMILES string of the molecule is C[C@](N)(CO)C(=O)Nc1ccc(OCCCc2ccc(-c3ccccc3)cc2)cc1. The molecule has 0 heterocycles. The van der Waals surface area contributed by atoms with Crippen molar-refractivity contribution < 1.29 is 14.6 Å². The molecule has 4 N–H and O–H groups in total. The van der Waals surface area contributed by atoms with Gasteiger partial charge in [-0.1, -0.05) is 54.6 Å². The Hall–Kier alpha value is -3.15. The molecule has 1 amide bonds. The topological polar surface area (TPSA) is 84.6 Å². The van der Waals surface area contributed by atoms with Gasteiger partial charge in [-0.05, 0) is 60.7 Å². The number of nitrogens with one attached hydrogen (secondary N) is 1. The summed E-state index contributed by atoms with van der Waals surface area (Å²) >= 11 is 0. The van der Waals surface area contributed by atoms with Gasteiger partial charge < -0.3 is 20.9 Å². The second-order valence-electron chi connectivity index (χ2n) is 7.57. The lowest BCUT2D eigenvalue weighted by molar-refractivity contribution is -0.121. The number of hydrogen-bond acceptors (Lipinski definition) is 4. The third-order valence-electron chi connectivity index (χ3n) is 4.90. The van der Waals surface area contributed by atoms with Crippen molar-refractivity contribution in [3.63, 3.8) is 0 Å². The summed E-state index contributed by atoms with van der Waals surface area (Å²) in [5, 5.41) is 11.8. The highest BCUT2D eigenvalue weighted by molar-refractivity contribution is 5.97. The number of rotatable bonds is 9. The molecule has 0 fully saturated rings. The minimum absolute atomic E-state index is 0.422. The minimum atomic E-state index is -1.31. The summed E-state index contributed by atoms with van der Waals surface area (Å²) in [6.45, 7) is 1.67. The summed E-state index contributed by atoms with van der Waals surface area (Å²) in [6, 6.07) is 26.1. The number of benzene rings is 3. The first kappa shape index (κ1) is 21.6. The minimum Gasteiger partial charge on any atom is -0.494 e. The van der Waals surface area contributed by atoms with E-state index in [9.17, 15) is 4.79 Å². The van der Waals surface area contributed by atoms with E-state index in [4.69, 9.17) is 15.6 Å². The molecule has 0 radical (unpaired) electrons. The molecule has 0 saturated carbocycles. The van der Waals surface area contributed by atoms with Gasteiger partial charge in [0.05, 0.1) is 13.2 Å². The van der Waals surface area contributed by atoms with Gasteiger partial charge in [0.25, 0.3) is 0 Å². The summed E-state index contributed by atoms with van der Waals surface area (Å²) in [6.07, 6.45) is 1.85. The fourth-order valence-corrected chi connectivity index (χ4v) is 2.94. The molecule has 3 rings (SSSR count). The van der Waals surface area contributed by atoms with Crippen molar-refractivity contribution in [1.82, 2.24) is 0 Å². The van der Waals surface area contributed by atoms with Crippen LogP contribution in [-0.2, 0) is 11.2 Å². The highest BCUT2D eigenvalue weighted by atomic mass is 16.5. The zero-order valence-electron chi connectivity index (χ0n) is 17.2. The Balaban J connectivity index is 1.43. The number of aliphatic hydroxyl groups excluding tert-OH is 1. The Morgan fingerprint density at radius 3 is 2.23 bits per heavy atom. The molecule has 0 aliphatic carbocycles. The van der Waals surface area contributed by atoms with E-state index in [2.05, 4.69) is 41.7 Å². The van der Waals surface area contributed by atoms with E-state index in [0.717, 1.165) is 18.6 Å². The number of carbonyl (C=O) groups is 1. The van der Waals surface area contributed by atoms with Gasteiger partial charge in [-0.3, -0.25) is 4.79 Å². The van der Waals surface area contributed by atoms with Crippen molar-refractivity contribution in [3.8, 4) is 16.9 Å². The van der Waals surface area contributed by atoms with Crippen molar-refractivity contribution in [3.05, 3.63) is 84.4 Å². The molecule has 156 valence electrons. The normalized spacial score (nSPS) is 12.8. The van der Waals surface area contributed by atoms with Crippen LogP contribution in [0.25, 0.3) is 11.1 Å². The summed E-state index contributed by atoms with van der Waals surface area (Å²) in [5.41, 5.74) is 8.74. The molecular weight excluding hydrogens is 376 g/mol. The van der Waals surface area contributed by atoms with Crippen LogP contribution >= 0.6 is 0 Å². The Morgan fingerprint density at radius 2 is 1.60 bits per heavy atom. The second kappa shape index (κ2) is 10.1. The standard InChI is InChI=1S/C25H28N2O3/c1-25(26,18-28)24(29)27-22-13-15-23(16-14-22)30-17-5-6-19-9-11-21(12-10-19)20-7-3-2-4-8-20/h2-4,7-16,28H,5-6,17-18,26H2,1H3,(H,27,29)/t25-/m0/s1. The number of amides is 1. The van der Waals surface area contributed by atoms with Crippen LogP contribution in [0.5, 0.6) is 5.75 Å². The third-order valence-corrected chi connectivity index (χ3v) is 4.90. The van der Waals surface area contributed by atoms with Crippen LogP contribution < -0.4 is 15.8 Å². The van der Waals surface area contributed by atoms with Crippen molar-refractivity contribution >= 4 is 11.6 Å². The first-order valence-corrected chi connectivity index (χ1v) is 10.1. The van der Waals surface area contributed by atoms with Gasteiger partial charge in [0.1, 0.15) is 11.3 Å². The van der Waals surface area contributed by atoms with E-state index in [0.29, 0.717) is 12.3 Å². The van der Waals surface area contributed by atoms with Gasteiger partial charge in [0, 0.05) is 5.69 Å². The zero-order valence-corrected chi connectivity index (χ0v) is 17.2. The van der Waals surface area contributed by atoms with Crippen molar-refractivity contribution in [1.29, 1.82) is 0 Å². The van der Waals surface area contributed by atoms with E-state index in [1.165, 1.54) is 23.6 Å². The van der Waals surface area contributed by atoms with Crippen LogP contribution in [0.2, 0.25) is 0 Å². The van der Waals surface area contributed by atoms with Crippen LogP contribution in [0.1, 0.15) is 18.9 Å². The van der Waals surface area contributed by atoms with Gasteiger partial charge in [-0.15, -0.1) is 0 Å². The lowest BCUT2D eigenvalue weighted by atomic mass is 10.0. The molecule has 0 spiro atoms. The number of aliphatic hydroxyl groups is 1. The van der Waals surface area contributed by atoms with E-state index < -0.39 is 18.1 Å². The van der Waals surface area contributed by atoms with Crippen LogP contribution in [-0.4, -0.2) is 29.8 Å². The number of ether oxygens (including phenoxy) is 1. The first-order chi connectivity index (χ1) is 14.5. The molecular formula is C25H28N2O3. The molecule has 3 aromatic rings. The monoisotopic (exact) mass is 404 g/mol. The van der Waals surface area contributed by atoms with Gasteiger partial charge in [-0.25, -0.2) is 0 Å². The lowest BCUT2D eigenvalue weighted by Gasteiger charge is -2.20. The molecule has 0 aliphatic rings. The maximum absolute atomic E-state index is 12.0. The van der Waals surface area contributed by atoms with Crippen molar-refractivity contribution in [2.75, 3.05) is 18.5 Å². The quantitative estimate of drug-likeness (QED) is 0.471. The number of aryl methyl sites for hydroxylation is 1. The fourth-order valence-electron chi connectivity index (χ4n) is 2.94. The molecule has 5 nitrogen and oxygen atoms in total. The molecule has 0 unspecified atom stereocenters. The predicted octanol–water partition coefficient (Wildman–Crippen LogP) is 4.01. The van der Waals surface area contributed by atoms with E-state index in [1.54, 1.807) is 24.3 Å². The Morgan fingerprint density at radius 1 is 0.967 bits per heavy atom. The van der Waals surface area contributed by atoms with Crippen LogP contribution in [0.15, 0.2) is 78.9 Å². The Labute approximate surface area is 177 Å². The zero-order chi connectivity index (χ0) is 21.4. The van der Waals surface area contributed by atoms with Crippen molar-refractivity contribution in [2.24, 2.45) is 5.73 Å². The van der Waals surface area contributed by atoms with Crippen LogP contribution in [0, 0.1) is 0 Å². The molecule has 0 bridgehead atoms. The van der Waals surface area contributed by atoms with Gasteiger partial charge in [-0.2, -0.15) is 0 Å². The van der Waals surface area contributed by atoms with Crippen LogP contribution in [0.4, 0.5) is 5.69 Å². The van der Waals surface area contributed by atoms with E-state index in [1.807, 2.05) is 18.2 Å². The Kier molecular flexibility index (Phi) is 7.22. The molecule has 0 aromatic heterocycles. The number of hydrogen-bond donors (Lipinski definition) is 3. The molecule has 0 saturated heterocycles. The number of nitrogens with two attached hydrogens (primary N) is 1. The average Bonchev–Trinajstić information content (AvgIpc) is 2.78. The number of carbonyl (C=O) groups excluding carboxylic acids is 1.